The maximum Gasteiger partial charge on any atom is 0.223 e. The molecular formula is C21H15NO3. The molecule has 1 amide bonds. The predicted octanol–water partition coefficient (Wildman–Crippen LogP) is 4.57. The molecule has 3 aromatic carbocycles. The molecule has 25 heavy (non-hydrogen) atoms. The number of amides is 1. The van der Waals surface area contributed by atoms with Crippen molar-refractivity contribution in [2.24, 2.45) is 0 Å². The number of benzene rings is 3. The Bertz CT molecular complexity index is 1160. The van der Waals surface area contributed by atoms with Crippen molar-refractivity contribution in [3.8, 4) is 11.1 Å². The van der Waals surface area contributed by atoms with E-state index in [2.05, 4.69) is 5.32 Å². The average molecular weight is 329 g/mol. The van der Waals surface area contributed by atoms with E-state index >= 15 is 0 Å². The number of fused-ring (bicyclic) bond motifs is 2. The summed E-state index contributed by atoms with van der Waals surface area (Å²) in [4.78, 5) is 24.7. The Kier molecular flexibility index (Phi) is 3.58. The van der Waals surface area contributed by atoms with Crippen LogP contribution in [0.4, 0.5) is 5.88 Å². The third-order valence-corrected chi connectivity index (χ3v) is 4.11. The van der Waals surface area contributed by atoms with Crippen molar-refractivity contribution in [1.29, 1.82) is 0 Å². The standard InChI is InChI=1S/C21H15NO3/c1-13(23)22-21-19(14-7-3-2-4-8-14)20(24)17-11-15-9-5-6-10-16(15)12-18(17)25-21/h2-12H,1H3,(H,22,23). The van der Waals surface area contributed by atoms with Gasteiger partial charge in [0.2, 0.25) is 17.2 Å². The summed E-state index contributed by atoms with van der Waals surface area (Å²) < 4.78 is 5.92. The predicted molar refractivity (Wildman–Crippen MR) is 99.7 cm³/mol. The Morgan fingerprint density at radius 3 is 2.24 bits per heavy atom. The molecular weight excluding hydrogens is 314 g/mol. The summed E-state index contributed by atoms with van der Waals surface area (Å²) in [6, 6.07) is 20.6. The summed E-state index contributed by atoms with van der Waals surface area (Å²) in [5, 5.41) is 5.08. The van der Waals surface area contributed by atoms with Crippen LogP contribution in [0.5, 0.6) is 0 Å². The Balaban J connectivity index is 2.10. The van der Waals surface area contributed by atoms with Crippen molar-refractivity contribution in [2.45, 2.75) is 6.92 Å². The normalized spacial score (nSPS) is 10.9. The topological polar surface area (TPSA) is 59.3 Å². The van der Waals surface area contributed by atoms with Gasteiger partial charge in [-0.25, -0.2) is 0 Å². The Morgan fingerprint density at radius 2 is 1.56 bits per heavy atom. The third kappa shape index (κ3) is 2.68. The van der Waals surface area contributed by atoms with Gasteiger partial charge in [0.1, 0.15) is 5.58 Å². The van der Waals surface area contributed by atoms with E-state index in [0.717, 1.165) is 10.8 Å². The summed E-state index contributed by atoms with van der Waals surface area (Å²) in [7, 11) is 0. The molecule has 0 fully saturated rings. The van der Waals surface area contributed by atoms with Crippen LogP contribution in [0.2, 0.25) is 0 Å². The molecule has 4 aromatic rings. The maximum atomic E-state index is 13.2. The minimum Gasteiger partial charge on any atom is -0.439 e. The van der Waals surface area contributed by atoms with Gasteiger partial charge in [-0.15, -0.1) is 0 Å². The van der Waals surface area contributed by atoms with E-state index in [1.807, 2.05) is 66.7 Å². The Labute approximate surface area is 143 Å². The molecule has 0 atom stereocenters. The molecule has 0 bridgehead atoms. The first-order chi connectivity index (χ1) is 12.1. The zero-order valence-corrected chi connectivity index (χ0v) is 13.6. The maximum absolute atomic E-state index is 13.2. The molecule has 4 heteroatoms. The van der Waals surface area contributed by atoms with Crippen LogP contribution in [-0.4, -0.2) is 5.91 Å². The second-order valence-electron chi connectivity index (χ2n) is 5.88. The highest BCUT2D eigenvalue weighted by atomic mass is 16.4. The van der Waals surface area contributed by atoms with Crippen LogP contribution in [-0.2, 0) is 4.79 Å². The largest absolute Gasteiger partial charge is 0.439 e. The fraction of sp³-hybridized carbons (Fsp3) is 0.0476. The summed E-state index contributed by atoms with van der Waals surface area (Å²) >= 11 is 0. The van der Waals surface area contributed by atoms with Crippen LogP contribution in [0.15, 0.2) is 75.9 Å². The number of carbonyl (C=O) groups is 1. The van der Waals surface area contributed by atoms with Crippen LogP contribution >= 0.6 is 0 Å². The molecule has 1 heterocycles. The quantitative estimate of drug-likeness (QED) is 0.548. The van der Waals surface area contributed by atoms with E-state index in [0.29, 0.717) is 22.1 Å². The minimum atomic E-state index is -0.291. The second-order valence-corrected chi connectivity index (χ2v) is 5.88. The van der Waals surface area contributed by atoms with Crippen molar-refractivity contribution >= 4 is 33.5 Å². The molecule has 0 saturated carbocycles. The van der Waals surface area contributed by atoms with Crippen LogP contribution in [0.3, 0.4) is 0 Å². The molecule has 122 valence electrons. The summed E-state index contributed by atoms with van der Waals surface area (Å²) in [5.41, 5.74) is 1.35. The first-order valence-corrected chi connectivity index (χ1v) is 7.96. The van der Waals surface area contributed by atoms with Gasteiger partial charge in [0.15, 0.2) is 0 Å². The highest BCUT2D eigenvalue weighted by Gasteiger charge is 2.17. The minimum absolute atomic E-state index is 0.165. The zero-order valence-electron chi connectivity index (χ0n) is 13.6. The SMILES string of the molecule is CC(=O)Nc1oc2cc3ccccc3cc2c(=O)c1-c1ccccc1. The summed E-state index contributed by atoms with van der Waals surface area (Å²) in [6.45, 7) is 1.39. The summed E-state index contributed by atoms with van der Waals surface area (Å²) in [5.74, 6) is -0.119. The monoisotopic (exact) mass is 329 g/mol. The molecule has 0 radical (unpaired) electrons. The van der Waals surface area contributed by atoms with Crippen molar-refractivity contribution in [3.05, 3.63) is 77.0 Å². The molecule has 0 spiro atoms. The molecule has 4 rings (SSSR count). The molecule has 1 aromatic heterocycles. The smallest absolute Gasteiger partial charge is 0.223 e. The van der Waals surface area contributed by atoms with Gasteiger partial charge in [0, 0.05) is 6.92 Å². The van der Waals surface area contributed by atoms with E-state index in [1.54, 1.807) is 0 Å². The van der Waals surface area contributed by atoms with E-state index in [1.165, 1.54) is 6.92 Å². The number of hydrogen-bond donors (Lipinski definition) is 1. The van der Waals surface area contributed by atoms with Gasteiger partial charge in [-0.1, -0.05) is 54.6 Å². The van der Waals surface area contributed by atoms with Gasteiger partial charge in [-0.05, 0) is 28.5 Å². The lowest BCUT2D eigenvalue weighted by molar-refractivity contribution is -0.114. The molecule has 1 N–H and O–H groups in total. The number of carbonyl (C=O) groups excluding carboxylic acids is 1. The Morgan fingerprint density at radius 1 is 0.920 bits per heavy atom. The van der Waals surface area contributed by atoms with Crippen LogP contribution < -0.4 is 10.7 Å². The third-order valence-electron chi connectivity index (χ3n) is 4.11. The fourth-order valence-corrected chi connectivity index (χ4v) is 2.99. The number of hydrogen-bond acceptors (Lipinski definition) is 3. The lowest BCUT2D eigenvalue weighted by atomic mass is 10.0. The number of nitrogens with one attached hydrogen (secondary N) is 1. The molecule has 0 aliphatic heterocycles. The number of anilines is 1. The lowest BCUT2D eigenvalue weighted by Crippen LogP contribution is -2.13. The van der Waals surface area contributed by atoms with Gasteiger partial charge in [-0.3, -0.25) is 14.9 Å². The fourth-order valence-electron chi connectivity index (χ4n) is 2.99. The molecule has 0 aliphatic rings. The van der Waals surface area contributed by atoms with Crippen LogP contribution in [0.1, 0.15) is 6.92 Å². The van der Waals surface area contributed by atoms with E-state index in [-0.39, 0.29) is 17.2 Å². The molecule has 4 nitrogen and oxygen atoms in total. The summed E-state index contributed by atoms with van der Waals surface area (Å²) in [6.07, 6.45) is 0. The molecule has 0 aliphatic carbocycles. The highest BCUT2D eigenvalue weighted by molar-refractivity contribution is 6.00. The van der Waals surface area contributed by atoms with Crippen molar-refractivity contribution < 1.29 is 9.21 Å². The van der Waals surface area contributed by atoms with Gasteiger partial charge in [0.25, 0.3) is 0 Å². The van der Waals surface area contributed by atoms with Crippen LogP contribution in [0.25, 0.3) is 32.9 Å². The van der Waals surface area contributed by atoms with E-state index in [4.69, 9.17) is 4.42 Å². The van der Waals surface area contributed by atoms with E-state index in [9.17, 15) is 9.59 Å². The van der Waals surface area contributed by atoms with Gasteiger partial charge in [0.05, 0.1) is 10.9 Å². The average Bonchev–Trinajstić information content (AvgIpc) is 2.61. The second kappa shape index (κ2) is 5.91. The lowest BCUT2D eigenvalue weighted by Gasteiger charge is -2.11. The molecule has 0 saturated heterocycles. The van der Waals surface area contributed by atoms with Crippen molar-refractivity contribution in [2.75, 3.05) is 5.32 Å². The first kappa shape index (κ1) is 15.1. The Hall–Kier alpha value is -3.40. The van der Waals surface area contributed by atoms with Gasteiger partial charge < -0.3 is 4.42 Å². The van der Waals surface area contributed by atoms with Crippen LogP contribution in [0, 0.1) is 0 Å². The van der Waals surface area contributed by atoms with Gasteiger partial charge >= 0.3 is 0 Å². The number of rotatable bonds is 2. The first-order valence-electron chi connectivity index (χ1n) is 7.96. The molecule has 0 unspecified atom stereocenters. The van der Waals surface area contributed by atoms with Gasteiger partial charge in [-0.2, -0.15) is 0 Å². The van der Waals surface area contributed by atoms with E-state index < -0.39 is 0 Å². The zero-order chi connectivity index (χ0) is 17.4. The highest BCUT2D eigenvalue weighted by Crippen LogP contribution is 2.30. The van der Waals surface area contributed by atoms with Crippen molar-refractivity contribution in [3.63, 3.8) is 0 Å². The van der Waals surface area contributed by atoms with Crippen molar-refractivity contribution in [1.82, 2.24) is 0 Å².